The Bertz CT molecular complexity index is 1510. The molecule has 6 rings (SSSR count). The zero-order valence-electron chi connectivity index (χ0n) is 22.8. The summed E-state index contributed by atoms with van der Waals surface area (Å²) >= 11 is 0. The summed E-state index contributed by atoms with van der Waals surface area (Å²) in [4.78, 5) is 13.0. The van der Waals surface area contributed by atoms with Crippen molar-refractivity contribution in [2.75, 3.05) is 0 Å². The van der Waals surface area contributed by atoms with Crippen LogP contribution in [0.3, 0.4) is 0 Å². The summed E-state index contributed by atoms with van der Waals surface area (Å²) < 4.78 is 29.9. The molecule has 1 amide bonds. The second-order valence-electron chi connectivity index (χ2n) is 11.2. The molecule has 0 radical (unpaired) electrons. The summed E-state index contributed by atoms with van der Waals surface area (Å²) in [5, 5.41) is 15.1. The molecule has 2 aliphatic carbocycles. The van der Waals surface area contributed by atoms with Gasteiger partial charge in [0.15, 0.2) is 0 Å². The summed E-state index contributed by atoms with van der Waals surface area (Å²) in [5.74, 6) is -0.394. The fraction of sp³-hybridized carbons (Fsp3) is 0.433. The average Bonchev–Trinajstić information content (AvgIpc) is 3.65. The monoisotopic (exact) mass is 560 g/mol. The van der Waals surface area contributed by atoms with Crippen molar-refractivity contribution in [1.29, 1.82) is 0 Å². The Morgan fingerprint density at radius 1 is 1.05 bits per heavy atom. The van der Waals surface area contributed by atoms with Gasteiger partial charge in [-0.2, -0.15) is 0 Å². The Hall–Kier alpha value is -3.50. The molecule has 210 valence electrons. The molecule has 0 saturated heterocycles. The lowest BCUT2D eigenvalue weighted by molar-refractivity contribution is -0.124. The second-order valence-corrected chi connectivity index (χ2v) is 13.0. The van der Waals surface area contributed by atoms with Crippen LogP contribution in [0.5, 0.6) is 0 Å². The first-order valence-corrected chi connectivity index (χ1v) is 15.7. The van der Waals surface area contributed by atoms with Crippen molar-refractivity contribution in [1.82, 2.24) is 29.9 Å². The number of aryl methyl sites for hydroxylation is 2. The van der Waals surface area contributed by atoms with Crippen LogP contribution in [-0.2, 0) is 34.2 Å². The molecule has 2 heterocycles. The Morgan fingerprint density at radius 2 is 1.85 bits per heavy atom. The molecule has 40 heavy (non-hydrogen) atoms. The maximum absolute atomic E-state index is 13.4. The van der Waals surface area contributed by atoms with Crippen LogP contribution in [0.2, 0.25) is 0 Å². The fourth-order valence-electron chi connectivity index (χ4n) is 6.15. The van der Waals surface area contributed by atoms with Crippen molar-refractivity contribution in [2.24, 2.45) is 0 Å². The lowest BCUT2D eigenvalue weighted by atomic mass is 9.86. The molecule has 1 fully saturated rings. The number of amides is 1. The SMILES string of the molecule is Cc1ccc(S(=O)(=O)N2C=CNC(=O)[C@H]2Cc2cn([C@H]3CCCc4cc(CNC5CCCC5)ccc43)nn2)cc1. The third-order valence-electron chi connectivity index (χ3n) is 8.37. The van der Waals surface area contributed by atoms with Gasteiger partial charge in [-0.25, -0.2) is 13.1 Å². The van der Waals surface area contributed by atoms with Gasteiger partial charge in [0.1, 0.15) is 6.04 Å². The predicted molar refractivity (Wildman–Crippen MR) is 152 cm³/mol. The second kappa shape index (κ2) is 11.2. The number of rotatable bonds is 8. The number of fused-ring (bicyclic) bond motifs is 1. The van der Waals surface area contributed by atoms with Crippen LogP contribution < -0.4 is 10.6 Å². The molecule has 1 saturated carbocycles. The molecule has 2 N–H and O–H groups in total. The molecule has 10 heteroatoms. The zero-order chi connectivity index (χ0) is 27.7. The first-order chi connectivity index (χ1) is 19.4. The minimum atomic E-state index is -3.92. The lowest BCUT2D eigenvalue weighted by Gasteiger charge is -2.31. The Balaban J connectivity index is 1.19. The van der Waals surface area contributed by atoms with Crippen molar-refractivity contribution in [3.63, 3.8) is 0 Å². The van der Waals surface area contributed by atoms with Gasteiger partial charge in [-0.3, -0.25) is 9.10 Å². The van der Waals surface area contributed by atoms with Crippen LogP contribution in [0.4, 0.5) is 0 Å². The third kappa shape index (κ3) is 5.42. The van der Waals surface area contributed by atoms with Crippen LogP contribution in [-0.4, -0.2) is 45.7 Å². The first-order valence-electron chi connectivity index (χ1n) is 14.2. The van der Waals surface area contributed by atoms with Gasteiger partial charge in [-0.05, 0) is 67.9 Å². The average molecular weight is 561 g/mol. The molecular weight excluding hydrogens is 524 g/mol. The van der Waals surface area contributed by atoms with Gasteiger partial charge in [0, 0.05) is 37.6 Å². The number of hydrogen-bond acceptors (Lipinski definition) is 6. The van der Waals surface area contributed by atoms with Gasteiger partial charge in [0.05, 0.1) is 16.6 Å². The highest BCUT2D eigenvalue weighted by atomic mass is 32.2. The fourth-order valence-corrected chi connectivity index (χ4v) is 7.60. The molecule has 2 aromatic carbocycles. The van der Waals surface area contributed by atoms with Gasteiger partial charge in [0.2, 0.25) is 5.91 Å². The lowest BCUT2D eigenvalue weighted by Crippen LogP contribution is -2.50. The topological polar surface area (TPSA) is 109 Å². The normalized spacial score (nSPS) is 21.4. The van der Waals surface area contributed by atoms with E-state index in [2.05, 4.69) is 39.1 Å². The Labute approximate surface area is 235 Å². The van der Waals surface area contributed by atoms with E-state index in [1.54, 1.807) is 24.3 Å². The number of benzene rings is 2. The van der Waals surface area contributed by atoms with Crippen LogP contribution in [0.1, 0.15) is 72.5 Å². The Morgan fingerprint density at radius 3 is 2.65 bits per heavy atom. The van der Waals surface area contributed by atoms with E-state index in [1.807, 2.05) is 17.8 Å². The number of sulfonamides is 1. The van der Waals surface area contributed by atoms with Crippen molar-refractivity contribution in [2.45, 2.75) is 87.9 Å². The van der Waals surface area contributed by atoms with Crippen LogP contribution in [0.15, 0.2) is 66.0 Å². The van der Waals surface area contributed by atoms with E-state index < -0.39 is 22.0 Å². The molecule has 0 spiro atoms. The summed E-state index contributed by atoms with van der Waals surface area (Å²) in [5.41, 5.74) is 5.46. The van der Waals surface area contributed by atoms with Gasteiger partial charge >= 0.3 is 0 Å². The van der Waals surface area contributed by atoms with Crippen LogP contribution in [0.25, 0.3) is 0 Å². The summed E-state index contributed by atoms with van der Waals surface area (Å²) in [7, 11) is -3.92. The smallest absolute Gasteiger partial charge is 0.264 e. The number of carbonyl (C=O) groups is 1. The molecule has 3 aliphatic rings. The number of aromatic nitrogens is 3. The van der Waals surface area contributed by atoms with E-state index >= 15 is 0 Å². The molecule has 1 aromatic heterocycles. The number of nitrogens with zero attached hydrogens (tertiary/aromatic N) is 4. The van der Waals surface area contributed by atoms with Crippen molar-refractivity contribution in [3.05, 3.63) is 89.0 Å². The number of nitrogens with one attached hydrogen (secondary N) is 2. The summed E-state index contributed by atoms with van der Waals surface area (Å²) in [6.07, 6.45) is 13.0. The number of hydrogen-bond donors (Lipinski definition) is 2. The summed E-state index contributed by atoms with van der Waals surface area (Å²) in [6, 6.07) is 13.1. The van der Waals surface area contributed by atoms with Crippen molar-refractivity contribution >= 4 is 15.9 Å². The molecule has 2 atom stereocenters. The van der Waals surface area contributed by atoms with E-state index in [-0.39, 0.29) is 17.4 Å². The maximum Gasteiger partial charge on any atom is 0.264 e. The summed E-state index contributed by atoms with van der Waals surface area (Å²) in [6.45, 7) is 2.80. The van der Waals surface area contributed by atoms with E-state index in [0.29, 0.717) is 11.7 Å². The van der Waals surface area contributed by atoms with Crippen LogP contribution in [0, 0.1) is 6.92 Å². The highest BCUT2D eigenvalue weighted by Gasteiger charge is 2.36. The minimum Gasteiger partial charge on any atom is -0.329 e. The largest absolute Gasteiger partial charge is 0.329 e. The molecule has 0 bridgehead atoms. The van der Waals surface area contributed by atoms with Crippen LogP contribution >= 0.6 is 0 Å². The van der Waals surface area contributed by atoms with Crippen molar-refractivity contribution < 1.29 is 13.2 Å². The molecule has 1 aliphatic heterocycles. The minimum absolute atomic E-state index is 0.0642. The van der Waals surface area contributed by atoms with E-state index in [1.165, 1.54) is 54.8 Å². The van der Waals surface area contributed by atoms with E-state index in [4.69, 9.17) is 0 Å². The first kappa shape index (κ1) is 26.7. The highest BCUT2D eigenvalue weighted by Crippen LogP contribution is 2.33. The van der Waals surface area contributed by atoms with Crippen molar-refractivity contribution in [3.8, 4) is 0 Å². The van der Waals surface area contributed by atoms with Gasteiger partial charge in [0.25, 0.3) is 10.0 Å². The highest BCUT2D eigenvalue weighted by molar-refractivity contribution is 7.89. The van der Waals surface area contributed by atoms with Gasteiger partial charge in [-0.15, -0.1) is 5.10 Å². The third-order valence-corrected chi connectivity index (χ3v) is 10.2. The molecular formula is C30H36N6O3S. The van der Waals surface area contributed by atoms with Gasteiger partial charge < -0.3 is 10.6 Å². The van der Waals surface area contributed by atoms with E-state index in [0.717, 1.165) is 35.7 Å². The molecule has 0 unspecified atom stereocenters. The zero-order valence-corrected chi connectivity index (χ0v) is 23.6. The molecule has 3 aromatic rings. The quantitative estimate of drug-likeness (QED) is 0.434. The maximum atomic E-state index is 13.4. The standard InChI is InChI=1S/C30H36N6O3S/c1-21-9-12-26(13-10-21)40(38,39)36-16-15-31-30(37)29(36)18-25-20-35(34-33-25)28-8-4-5-23-17-22(11-14-27(23)28)19-32-24-6-2-3-7-24/h9-17,20,24,28-29,32H,2-8,18-19H2,1H3,(H,31,37)/t28-,29+/m0/s1. The predicted octanol–water partition coefficient (Wildman–Crippen LogP) is 3.75. The van der Waals surface area contributed by atoms with Gasteiger partial charge in [-0.1, -0.05) is 54.0 Å². The molecule has 9 nitrogen and oxygen atoms in total. The Kier molecular flexibility index (Phi) is 7.46. The van der Waals surface area contributed by atoms with E-state index in [9.17, 15) is 13.2 Å². The number of carbonyl (C=O) groups excluding carboxylic acids is 1.